The molecule has 20 heavy (non-hydrogen) atoms. The predicted octanol–water partition coefficient (Wildman–Crippen LogP) is 4.18. The van der Waals surface area contributed by atoms with Crippen LogP contribution in [0.5, 0.6) is 0 Å². The largest absolute Gasteiger partial charge is 0.366 e. The van der Waals surface area contributed by atoms with Gasteiger partial charge in [0, 0.05) is 35.2 Å². The van der Waals surface area contributed by atoms with Gasteiger partial charge in [0.05, 0.1) is 0 Å². The number of carbonyl (C=O) groups excluding carboxylic acids is 1. The number of carbonyl (C=O) groups is 1. The number of fused-ring (bicyclic) bond motifs is 1. The van der Waals surface area contributed by atoms with Gasteiger partial charge in [-0.25, -0.2) is 4.39 Å². The van der Waals surface area contributed by atoms with Crippen molar-refractivity contribution in [2.45, 2.75) is 13.0 Å². The molecular formula is C16H13BrFNO. The van der Waals surface area contributed by atoms with Gasteiger partial charge in [-0.1, -0.05) is 28.1 Å². The van der Waals surface area contributed by atoms with E-state index in [1.165, 1.54) is 12.1 Å². The van der Waals surface area contributed by atoms with Crippen LogP contribution in [0.15, 0.2) is 46.9 Å². The summed E-state index contributed by atoms with van der Waals surface area (Å²) < 4.78 is 14.2. The van der Waals surface area contributed by atoms with Crippen LogP contribution in [0.4, 0.5) is 10.1 Å². The fourth-order valence-electron chi connectivity index (χ4n) is 2.56. The van der Waals surface area contributed by atoms with E-state index in [-0.39, 0.29) is 11.6 Å². The van der Waals surface area contributed by atoms with Crippen molar-refractivity contribution in [2.75, 3.05) is 11.4 Å². The van der Waals surface area contributed by atoms with E-state index in [9.17, 15) is 9.18 Å². The van der Waals surface area contributed by atoms with Gasteiger partial charge in [0.2, 0.25) is 0 Å². The number of hydrogen-bond acceptors (Lipinski definition) is 2. The van der Waals surface area contributed by atoms with Gasteiger partial charge in [-0.3, -0.25) is 4.79 Å². The van der Waals surface area contributed by atoms with Gasteiger partial charge in [0.1, 0.15) is 5.82 Å². The smallest absolute Gasteiger partial charge is 0.166 e. The van der Waals surface area contributed by atoms with Gasteiger partial charge in [0.25, 0.3) is 0 Å². The highest BCUT2D eigenvalue weighted by Crippen LogP contribution is 2.28. The molecule has 0 spiro atoms. The first kappa shape index (κ1) is 13.3. The van der Waals surface area contributed by atoms with Crippen LogP contribution in [0.1, 0.15) is 22.3 Å². The molecule has 0 aromatic heterocycles. The van der Waals surface area contributed by atoms with Gasteiger partial charge in [-0.2, -0.15) is 0 Å². The molecule has 0 atom stereocenters. The van der Waals surface area contributed by atoms with Crippen LogP contribution >= 0.6 is 15.9 Å². The zero-order valence-electron chi connectivity index (χ0n) is 10.8. The van der Waals surface area contributed by atoms with E-state index in [0.29, 0.717) is 19.5 Å². The summed E-state index contributed by atoms with van der Waals surface area (Å²) in [4.78, 5) is 14.0. The minimum absolute atomic E-state index is 0.178. The Kier molecular flexibility index (Phi) is 3.57. The normalized spacial score (nSPS) is 14.3. The summed E-state index contributed by atoms with van der Waals surface area (Å²) in [6.07, 6.45) is 0.507. The van der Waals surface area contributed by atoms with E-state index < -0.39 is 0 Å². The van der Waals surface area contributed by atoms with Crippen molar-refractivity contribution in [2.24, 2.45) is 0 Å². The third kappa shape index (κ3) is 2.61. The van der Waals surface area contributed by atoms with E-state index in [4.69, 9.17) is 0 Å². The highest BCUT2D eigenvalue weighted by atomic mass is 79.9. The number of hydrogen-bond donors (Lipinski definition) is 0. The maximum absolute atomic E-state index is 13.4. The van der Waals surface area contributed by atoms with Gasteiger partial charge >= 0.3 is 0 Å². The number of ketones is 1. The number of nitrogens with zero attached hydrogens (tertiary/aromatic N) is 1. The van der Waals surface area contributed by atoms with E-state index in [1.807, 2.05) is 30.3 Å². The molecule has 2 aromatic rings. The monoisotopic (exact) mass is 333 g/mol. The Bertz CT molecular complexity index is 651. The van der Waals surface area contributed by atoms with E-state index in [0.717, 1.165) is 21.3 Å². The predicted molar refractivity (Wildman–Crippen MR) is 80.5 cm³/mol. The minimum atomic E-state index is -0.254. The minimum Gasteiger partial charge on any atom is -0.366 e. The molecule has 2 aromatic carbocycles. The fourth-order valence-corrected chi connectivity index (χ4v) is 3.08. The third-order valence-electron chi connectivity index (χ3n) is 3.45. The summed E-state index contributed by atoms with van der Waals surface area (Å²) in [6.45, 7) is 1.27. The number of anilines is 1. The zero-order chi connectivity index (χ0) is 14.1. The Morgan fingerprint density at radius 2 is 2.00 bits per heavy atom. The van der Waals surface area contributed by atoms with Gasteiger partial charge < -0.3 is 4.90 Å². The topological polar surface area (TPSA) is 20.3 Å². The average molecular weight is 334 g/mol. The molecular weight excluding hydrogens is 321 g/mol. The zero-order valence-corrected chi connectivity index (χ0v) is 12.4. The Labute approximate surface area is 125 Å². The first-order chi connectivity index (χ1) is 9.63. The Morgan fingerprint density at radius 3 is 2.80 bits per heavy atom. The molecule has 2 nitrogen and oxygen atoms in total. The van der Waals surface area contributed by atoms with E-state index in [2.05, 4.69) is 20.8 Å². The molecule has 102 valence electrons. The first-order valence-electron chi connectivity index (χ1n) is 6.45. The molecule has 0 unspecified atom stereocenters. The molecule has 1 aliphatic heterocycles. The van der Waals surface area contributed by atoms with Crippen LogP contribution in [-0.4, -0.2) is 12.3 Å². The molecule has 1 heterocycles. The van der Waals surface area contributed by atoms with Crippen molar-refractivity contribution < 1.29 is 9.18 Å². The van der Waals surface area contributed by atoms with Crippen molar-refractivity contribution in [3.05, 3.63) is 63.9 Å². The van der Waals surface area contributed by atoms with Crippen LogP contribution in [-0.2, 0) is 6.54 Å². The molecule has 3 rings (SSSR count). The van der Waals surface area contributed by atoms with Gasteiger partial charge in [-0.05, 0) is 35.9 Å². The van der Waals surface area contributed by atoms with Crippen LogP contribution in [0.2, 0.25) is 0 Å². The summed E-state index contributed by atoms with van der Waals surface area (Å²) in [5, 5.41) is 0. The molecule has 0 saturated heterocycles. The first-order valence-corrected chi connectivity index (χ1v) is 7.25. The molecule has 0 amide bonds. The summed E-state index contributed by atoms with van der Waals surface area (Å²) in [5.41, 5.74) is 2.58. The molecule has 0 saturated carbocycles. The maximum atomic E-state index is 13.4. The fraction of sp³-hybridized carbons (Fsp3) is 0.188. The van der Waals surface area contributed by atoms with Crippen molar-refractivity contribution in [1.82, 2.24) is 0 Å². The SMILES string of the molecule is O=C1CCN(Cc2cc(F)cc(Br)c2)c2ccccc21. The van der Waals surface area contributed by atoms with Gasteiger partial charge in [0.15, 0.2) is 5.78 Å². The lowest BCUT2D eigenvalue weighted by Crippen LogP contribution is -2.31. The number of para-hydroxylation sites is 1. The van der Waals surface area contributed by atoms with Crippen LogP contribution in [0.3, 0.4) is 0 Å². The molecule has 0 fully saturated rings. The van der Waals surface area contributed by atoms with Crippen molar-refractivity contribution in [1.29, 1.82) is 0 Å². The molecule has 0 N–H and O–H groups in total. The standard InChI is InChI=1S/C16H13BrFNO/c17-12-7-11(8-13(18)9-12)10-19-6-5-16(20)14-3-1-2-4-15(14)19/h1-4,7-9H,5-6,10H2. The molecule has 4 heteroatoms. The number of rotatable bonds is 2. The van der Waals surface area contributed by atoms with Crippen molar-refractivity contribution >= 4 is 27.4 Å². The highest BCUT2D eigenvalue weighted by molar-refractivity contribution is 9.10. The van der Waals surface area contributed by atoms with Crippen LogP contribution in [0.25, 0.3) is 0 Å². The van der Waals surface area contributed by atoms with Gasteiger partial charge in [-0.15, -0.1) is 0 Å². The van der Waals surface area contributed by atoms with Crippen molar-refractivity contribution in [3.8, 4) is 0 Å². The molecule has 0 radical (unpaired) electrons. The lowest BCUT2D eigenvalue weighted by atomic mass is 10.00. The summed E-state index contributed by atoms with van der Waals surface area (Å²) in [5.74, 6) is -0.0759. The number of benzene rings is 2. The lowest BCUT2D eigenvalue weighted by molar-refractivity contribution is 0.0979. The second kappa shape index (κ2) is 5.37. The van der Waals surface area contributed by atoms with Crippen LogP contribution in [0, 0.1) is 5.82 Å². The van der Waals surface area contributed by atoms with E-state index in [1.54, 1.807) is 0 Å². The highest BCUT2D eigenvalue weighted by Gasteiger charge is 2.22. The van der Waals surface area contributed by atoms with E-state index >= 15 is 0 Å². The van der Waals surface area contributed by atoms with Crippen molar-refractivity contribution in [3.63, 3.8) is 0 Å². The Hall–Kier alpha value is -1.68. The average Bonchev–Trinajstić information content (AvgIpc) is 2.41. The second-order valence-electron chi connectivity index (χ2n) is 4.89. The lowest BCUT2D eigenvalue weighted by Gasteiger charge is -2.30. The quantitative estimate of drug-likeness (QED) is 0.821. The Morgan fingerprint density at radius 1 is 1.20 bits per heavy atom. The summed E-state index contributed by atoms with van der Waals surface area (Å²) in [7, 11) is 0. The van der Waals surface area contributed by atoms with Crippen LogP contribution < -0.4 is 4.90 Å². The molecule has 0 aliphatic carbocycles. The molecule has 1 aliphatic rings. The maximum Gasteiger partial charge on any atom is 0.166 e. The summed E-state index contributed by atoms with van der Waals surface area (Å²) in [6, 6.07) is 12.5. The number of halogens is 2. The Balaban J connectivity index is 1.92. The molecule has 0 bridgehead atoms. The number of Topliss-reactive ketones (excluding diaryl/α,β-unsaturated/α-hetero) is 1. The summed E-state index contributed by atoms with van der Waals surface area (Å²) >= 11 is 3.31. The third-order valence-corrected chi connectivity index (χ3v) is 3.91. The second-order valence-corrected chi connectivity index (χ2v) is 5.81.